The van der Waals surface area contributed by atoms with Crippen LogP contribution >= 0.6 is 11.8 Å². The highest BCUT2D eigenvalue weighted by Gasteiger charge is 2.35. The zero-order chi connectivity index (χ0) is 21.0. The summed E-state index contributed by atoms with van der Waals surface area (Å²) in [7, 11) is 0. The highest BCUT2D eigenvalue weighted by Crippen LogP contribution is 2.39. The van der Waals surface area contributed by atoms with Gasteiger partial charge in [0.2, 0.25) is 0 Å². The third-order valence-electron chi connectivity index (χ3n) is 4.23. The van der Waals surface area contributed by atoms with Crippen LogP contribution in [0.5, 0.6) is 11.5 Å². The molecule has 0 spiro atoms. The van der Waals surface area contributed by atoms with Gasteiger partial charge in [0, 0.05) is 18.2 Å². The Morgan fingerprint density at radius 1 is 1.24 bits per heavy atom. The summed E-state index contributed by atoms with van der Waals surface area (Å²) in [4.78, 5) is 36.7. The Morgan fingerprint density at radius 2 is 1.97 bits per heavy atom. The lowest BCUT2D eigenvalue weighted by Crippen LogP contribution is -2.30. The van der Waals surface area contributed by atoms with Crippen LogP contribution in [-0.4, -0.2) is 39.2 Å². The molecule has 150 valence electrons. The molecule has 1 aliphatic heterocycles. The molecular weight excluding hydrogens is 396 g/mol. The highest BCUT2D eigenvalue weighted by atomic mass is 32.2. The number of non-ortho nitro benzene ring substituents is 1. The first-order valence-corrected chi connectivity index (χ1v) is 9.65. The number of hydrogen-bond donors (Lipinski definition) is 1. The van der Waals surface area contributed by atoms with Gasteiger partial charge in [-0.25, -0.2) is 0 Å². The van der Waals surface area contributed by atoms with Gasteiger partial charge in [-0.3, -0.25) is 24.6 Å². The molecule has 0 aromatic heterocycles. The Labute approximate surface area is 170 Å². The molecule has 1 aliphatic rings. The fraction of sp³-hybridized carbons (Fsp3) is 0.200. The lowest BCUT2D eigenvalue weighted by Gasteiger charge is -2.12. The highest BCUT2D eigenvalue weighted by molar-refractivity contribution is 8.18. The molecule has 2 amide bonds. The minimum atomic E-state index is -0.620. The second kappa shape index (κ2) is 8.78. The quantitative estimate of drug-likeness (QED) is 0.414. The van der Waals surface area contributed by atoms with Crippen LogP contribution in [0.4, 0.5) is 10.5 Å². The van der Waals surface area contributed by atoms with Crippen LogP contribution in [-0.2, 0) is 11.2 Å². The minimum Gasteiger partial charge on any atom is -0.504 e. The van der Waals surface area contributed by atoms with Crippen LogP contribution < -0.4 is 4.74 Å². The number of rotatable bonds is 7. The number of nitro groups is 1. The van der Waals surface area contributed by atoms with Crippen LogP contribution in [0, 0.1) is 10.1 Å². The lowest BCUT2D eigenvalue weighted by molar-refractivity contribution is -0.385. The van der Waals surface area contributed by atoms with Crippen molar-refractivity contribution in [3.05, 3.63) is 68.6 Å². The van der Waals surface area contributed by atoms with E-state index in [2.05, 4.69) is 0 Å². The molecule has 29 heavy (non-hydrogen) atoms. The molecule has 0 saturated carbocycles. The first kappa shape index (κ1) is 20.4. The van der Waals surface area contributed by atoms with Crippen molar-refractivity contribution in [2.75, 3.05) is 13.2 Å². The summed E-state index contributed by atoms with van der Waals surface area (Å²) >= 11 is 0.731. The van der Waals surface area contributed by atoms with Gasteiger partial charge in [0.05, 0.1) is 22.5 Å². The zero-order valence-electron chi connectivity index (χ0n) is 15.5. The van der Waals surface area contributed by atoms with E-state index >= 15 is 0 Å². The van der Waals surface area contributed by atoms with E-state index in [1.807, 2.05) is 30.3 Å². The van der Waals surface area contributed by atoms with E-state index in [-0.39, 0.29) is 40.8 Å². The predicted octanol–water partition coefficient (Wildman–Crippen LogP) is 3.98. The molecule has 0 unspecified atom stereocenters. The Hall–Kier alpha value is -3.33. The van der Waals surface area contributed by atoms with E-state index < -0.39 is 16.1 Å². The standard InChI is InChI=1S/C20H18N2O6S/c1-2-28-16-12-15(22(26)27)10-14(18(16)23)11-17-19(24)21(20(25)29-17)9-8-13-6-4-3-5-7-13/h3-7,10-12,23H,2,8-9H2,1H3/b17-11-. The van der Waals surface area contributed by atoms with Gasteiger partial charge in [-0.05, 0) is 36.7 Å². The molecule has 1 heterocycles. The molecule has 2 aromatic rings. The number of benzene rings is 2. The number of carbonyl (C=O) groups is 2. The Balaban J connectivity index is 1.86. The van der Waals surface area contributed by atoms with Crippen LogP contribution in [0.3, 0.4) is 0 Å². The van der Waals surface area contributed by atoms with Crippen molar-refractivity contribution >= 4 is 34.7 Å². The molecule has 9 heteroatoms. The average molecular weight is 414 g/mol. The Morgan fingerprint density at radius 3 is 2.62 bits per heavy atom. The average Bonchev–Trinajstić information content (AvgIpc) is 2.96. The number of amides is 2. The van der Waals surface area contributed by atoms with Gasteiger partial charge < -0.3 is 9.84 Å². The number of aromatic hydroxyl groups is 1. The summed E-state index contributed by atoms with van der Waals surface area (Å²) in [6.07, 6.45) is 1.79. The van der Waals surface area contributed by atoms with Gasteiger partial charge >= 0.3 is 0 Å². The van der Waals surface area contributed by atoms with E-state index in [0.717, 1.165) is 34.4 Å². The van der Waals surface area contributed by atoms with E-state index in [4.69, 9.17) is 4.74 Å². The summed E-state index contributed by atoms with van der Waals surface area (Å²) in [6.45, 7) is 2.09. The van der Waals surface area contributed by atoms with Crippen molar-refractivity contribution in [2.24, 2.45) is 0 Å². The van der Waals surface area contributed by atoms with E-state index in [1.54, 1.807) is 6.92 Å². The van der Waals surface area contributed by atoms with Crippen LogP contribution in [0.1, 0.15) is 18.1 Å². The number of phenolic OH excluding ortho intramolecular Hbond substituents is 1. The number of imide groups is 1. The molecule has 3 rings (SSSR count). The van der Waals surface area contributed by atoms with Crippen LogP contribution in [0.25, 0.3) is 6.08 Å². The number of thioether (sulfide) groups is 1. The van der Waals surface area contributed by atoms with Gasteiger partial charge in [0.1, 0.15) is 0 Å². The molecule has 0 atom stereocenters. The van der Waals surface area contributed by atoms with Crippen molar-refractivity contribution in [2.45, 2.75) is 13.3 Å². The minimum absolute atomic E-state index is 0.0382. The van der Waals surface area contributed by atoms with Gasteiger partial charge in [-0.1, -0.05) is 30.3 Å². The number of carbonyl (C=O) groups excluding carboxylic acids is 2. The molecule has 8 nitrogen and oxygen atoms in total. The van der Waals surface area contributed by atoms with Crippen LogP contribution in [0.2, 0.25) is 0 Å². The van der Waals surface area contributed by atoms with Gasteiger partial charge in [-0.2, -0.15) is 0 Å². The summed E-state index contributed by atoms with van der Waals surface area (Å²) in [6, 6.07) is 11.7. The second-order valence-corrected chi connectivity index (χ2v) is 7.13. The summed E-state index contributed by atoms with van der Waals surface area (Å²) < 4.78 is 5.24. The molecule has 1 N–H and O–H groups in total. The molecule has 2 aromatic carbocycles. The Bertz CT molecular complexity index is 990. The first-order chi connectivity index (χ1) is 13.9. The van der Waals surface area contributed by atoms with Gasteiger partial charge in [0.15, 0.2) is 11.5 Å². The molecule has 0 radical (unpaired) electrons. The second-order valence-electron chi connectivity index (χ2n) is 6.14. The van der Waals surface area contributed by atoms with Crippen molar-refractivity contribution < 1.29 is 24.4 Å². The largest absolute Gasteiger partial charge is 0.504 e. The fourth-order valence-electron chi connectivity index (χ4n) is 2.81. The molecular formula is C20H18N2O6S. The van der Waals surface area contributed by atoms with Crippen LogP contribution in [0.15, 0.2) is 47.4 Å². The smallest absolute Gasteiger partial charge is 0.293 e. The summed E-state index contributed by atoms with van der Waals surface area (Å²) in [5.74, 6) is -0.885. The zero-order valence-corrected chi connectivity index (χ0v) is 16.3. The fourth-order valence-corrected chi connectivity index (χ4v) is 3.67. The van der Waals surface area contributed by atoms with Gasteiger partial charge in [0.25, 0.3) is 16.8 Å². The van der Waals surface area contributed by atoms with Gasteiger partial charge in [-0.15, -0.1) is 0 Å². The SMILES string of the molecule is CCOc1cc([N+](=O)[O-])cc(/C=C2\SC(=O)N(CCc3ccccc3)C2=O)c1O. The summed E-state index contributed by atoms with van der Waals surface area (Å²) in [5, 5.41) is 21.1. The van der Waals surface area contributed by atoms with E-state index in [9.17, 15) is 24.8 Å². The molecule has 1 saturated heterocycles. The molecule has 0 aliphatic carbocycles. The maximum absolute atomic E-state index is 12.7. The normalized spacial score (nSPS) is 15.2. The van der Waals surface area contributed by atoms with E-state index in [0.29, 0.717) is 6.42 Å². The maximum Gasteiger partial charge on any atom is 0.293 e. The van der Waals surface area contributed by atoms with Crippen molar-refractivity contribution in [3.63, 3.8) is 0 Å². The topological polar surface area (TPSA) is 110 Å². The number of nitro benzene ring substituents is 1. The lowest BCUT2D eigenvalue weighted by atomic mass is 10.1. The van der Waals surface area contributed by atoms with E-state index in [1.165, 1.54) is 6.08 Å². The predicted molar refractivity (Wildman–Crippen MR) is 109 cm³/mol. The third-order valence-corrected chi connectivity index (χ3v) is 5.13. The number of nitrogens with zero attached hydrogens (tertiary/aromatic N) is 2. The number of ether oxygens (including phenoxy) is 1. The maximum atomic E-state index is 12.7. The van der Waals surface area contributed by atoms with Crippen molar-refractivity contribution in [1.29, 1.82) is 0 Å². The third kappa shape index (κ3) is 4.57. The Kier molecular flexibility index (Phi) is 6.18. The summed E-state index contributed by atoms with van der Waals surface area (Å²) in [5.41, 5.74) is 0.741. The van der Waals surface area contributed by atoms with Crippen molar-refractivity contribution in [3.8, 4) is 11.5 Å². The molecule has 0 bridgehead atoms. The first-order valence-electron chi connectivity index (χ1n) is 8.84. The number of hydrogen-bond acceptors (Lipinski definition) is 7. The molecule has 1 fully saturated rings. The van der Waals surface area contributed by atoms with Crippen molar-refractivity contribution in [1.82, 2.24) is 4.90 Å². The monoisotopic (exact) mass is 414 g/mol. The number of phenols is 1.